The molecule has 1 fully saturated rings. The fourth-order valence-electron chi connectivity index (χ4n) is 3.39. The molecule has 126 valence electrons. The van der Waals surface area contributed by atoms with Crippen molar-refractivity contribution in [3.63, 3.8) is 0 Å². The number of piperidine rings is 1. The average molecular weight is 340 g/mol. The number of hydrogen-bond donors (Lipinski definition) is 1. The second kappa shape index (κ2) is 10.2. The van der Waals surface area contributed by atoms with Crippen LogP contribution in [0.4, 0.5) is 0 Å². The van der Waals surface area contributed by atoms with Crippen LogP contribution in [0.2, 0.25) is 0 Å². The van der Waals surface area contributed by atoms with Gasteiger partial charge in [0.2, 0.25) is 0 Å². The molecular formula is C22H26ClN. The van der Waals surface area contributed by atoms with Gasteiger partial charge in [0.1, 0.15) is 6.54 Å². The van der Waals surface area contributed by atoms with Crippen LogP contribution in [0, 0.1) is 11.8 Å². The van der Waals surface area contributed by atoms with Crippen molar-refractivity contribution in [1.29, 1.82) is 0 Å². The third kappa shape index (κ3) is 5.41. The minimum Gasteiger partial charge on any atom is -1.00 e. The molecule has 0 aliphatic carbocycles. The van der Waals surface area contributed by atoms with Gasteiger partial charge in [-0.3, -0.25) is 0 Å². The molecule has 1 aliphatic rings. The molecule has 1 nitrogen and oxygen atoms in total. The van der Waals surface area contributed by atoms with Gasteiger partial charge in [0.15, 0.2) is 0 Å². The lowest BCUT2D eigenvalue weighted by Crippen LogP contribution is -3.12. The summed E-state index contributed by atoms with van der Waals surface area (Å²) in [7, 11) is 0. The Morgan fingerprint density at radius 3 is 1.83 bits per heavy atom. The first kappa shape index (κ1) is 18.6. The first-order chi connectivity index (χ1) is 11.4. The lowest BCUT2D eigenvalue weighted by atomic mass is 9.89. The Balaban J connectivity index is 0.00000208. The van der Waals surface area contributed by atoms with Crippen LogP contribution in [0.5, 0.6) is 0 Å². The van der Waals surface area contributed by atoms with E-state index in [1.807, 2.05) is 0 Å². The molecule has 0 bridgehead atoms. The molecule has 0 atom stereocenters. The SMILES string of the molecule is C(#CC[NH+]1CCCCC1)CC(c1ccccc1)c1ccccc1.[Cl-]. The Morgan fingerprint density at radius 1 is 0.750 bits per heavy atom. The Morgan fingerprint density at radius 2 is 1.29 bits per heavy atom. The smallest absolute Gasteiger partial charge is 0.139 e. The van der Waals surface area contributed by atoms with Crippen molar-refractivity contribution in [3.8, 4) is 11.8 Å². The lowest BCUT2D eigenvalue weighted by molar-refractivity contribution is -0.897. The predicted octanol–water partition coefficient (Wildman–Crippen LogP) is 0.285. The van der Waals surface area contributed by atoms with Crippen molar-refractivity contribution in [2.45, 2.75) is 31.6 Å². The van der Waals surface area contributed by atoms with Crippen molar-refractivity contribution in [2.24, 2.45) is 0 Å². The van der Waals surface area contributed by atoms with E-state index in [9.17, 15) is 0 Å². The summed E-state index contributed by atoms with van der Waals surface area (Å²) in [5, 5.41) is 0. The number of hydrogen-bond acceptors (Lipinski definition) is 0. The average Bonchev–Trinajstić information content (AvgIpc) is 2.64. The largest absolute Gasteiger partial charge is 1.00 e. The minimum atomic E-state index is 0. The number of quaternary nitrogens is 1. The Hall–Kier alpha value is -1.75. The number of halogens is 1. The van der Waals surface area contributed by atoms with E-state index in [0.29, 0.717) is 5.92 Å². The summed E-state index contributed by atoms with van der Waals surface area (Å²) in [6, 6.07) is 21.5. The van der Waals surface area contributed by atoms with E-state index in [-0.39, 0.29) is 12.4 Å². The third-order valence-electron chi connectivity index (χ3n) is 4.73. The van der Waals surface area contributed by atoms with Crippen LogP contribution in [-0.2, 0) is 0 Å². The molecule has 1 saturated heterocycles. The second-order valence-corrected chi connectivity index (χ2v) is 6.42. The van der Waals surface area contributed by atoms with Gasteiger partial charge in [-0.2, -0.15) is 0 Å². The maximum atomic E-state index is 3.46. The van der Waals surface area contributed by atoms with Gasteiger partial charge in [0.05, 0.1) is 13.1 Å². The molecule has 0 spiro atoms. The molecule has 2 heteroatoms. The zero-order valence-electron chi connectivity index (χ0n) is 14.2. The highest BCUT2D eigenvalue weighted by atomic mass is 35.5. The van der Waals surface area contributed by atoms with Gasteiger partial charge in [0.25, 0.3) is 0 Å². The highest BCUT2D eigenvalue weighted by Gasteiger charge is 2.13. The fourth-order valence-corrected chi connectivity index (χ4v) is 3.39. The molecule has 2 aromatic rings. The Kier molecular flexibility index (Phi) is 7.89. The van der Waals surface area contributed by atoms with Gasteiger partial charge in [-0.25, -0.2) is 0 Å². The van der Waals surface area contributed by atoms with Crippen LogP contribution in [0.15, 0.2) is 60.7 Å². The molecule has 0 saturated carbocycles. The van der Waals surface area contributed by atoms with Gasteiger partial charge in [-0.15, -0.1) is 0 Å². The van der Waals surface area contributed by atoms with Crippen LogP contribution in [0.3, 0.4) is 0 Å². The molecule has 0 amide bonds. The van der Waals surface area contributed by atoms with Crippen LogP contribution in [-0.4, -0.2) is 19.6 Å². The molecule has 1 aliphatic heterocycles. The highest BCUT2D eigenvalue weighted by molar-refractivity contribution is 5.33. The number of benzene rings is 2. The van der Waals surface area contributed by atoms with Crippen molar-refractivity contribution in [1.82, 2.24) is 0 Å². The van der Waals surface area contributed by atoms with Gasteiger partial charge in [-0.05, 0) is 36.3 Å². The number of likely N-dealkylation sites (tertiary alicyclic amines) is 1. The number of rotatable bonds is 4. The third-order valence-corrected chi connectivity index (χ3v) is 4.73. The molecular weight excluding hydrogens is 314 g/mol. The van der Waals surface area contributed by atoms with Gasteiger partial charge in [0, 0.05) is 12.3 Å². The predicted molar refractivity (Wildman–Crippen MR) is 96.5 cm³/mol. The minimum absolute atomic E-state index is 0. The summed E-state index contributed by atoms with van der Waals surface area (Å²) < 4.78 is 0. The van der Waals surface area contributed by atoms with E-state index in [4.69, 9.17) is 0 Å². The van der Waals surface area contributed by atoms with Crippen LogP contribution in [0.1, 0.15) is 42.7 Å². The Bertz CT molecular complexity index is 596. The van der Waals surface area contributed by atoms with E-state index < -0.39 is 0 Å². The maximum Gasteiger partial charge on any atom is 0.139 e. The summed E-state index contributed by atoms with van der Waals surface area (Å²) in [5.74, 6) is 7.27. The first-order valence-corrected chi connectivity index (χ1v) is 8.82. The molecule has 1 N–H and O–H groups in total. The lowest BCUT2D eigenvalue weighted by Gasteiger charge is -2.21. The van der Waals surface area contributed by atoms with Crippen LogP contribution in [0.25, 0.3) is 0 Å². The molecule has 0 aromatic heterocycles. The van der Waals surface area contributed by atoms with E-state index >= 15 is 0 Å². The summed E-state index contributed by atoms with van der Waals surface area (Å²) in [6.07, 6.45) is 5.05. The normalized spacial score (nSPS) is 14.5. The summed E-state index contributed by atoms with van der Waals surface area (Å²) in [5.41, 5.74) is 2.72. The van der Waals surface area contributed by atoms with E-state index in [1.165, 1.54) is 43.5 Å². The summed E-state index contributed by atoms with van der Waals surface area (Å²) >= 11 is 0. The van der Waals surface area contributed by atoms with E-state index in [0.717, 1.165) is 13.0 Å². The van der Waals surface area contributed by atoms with E-state index in [2.05, 4.69) is 72.5 Å². The van der Waals surface area contributed by atoms with E-state index in [1.54, 1.807) is 4.90 Å². The van der Waals surface area contributed by atoms with Crippen molar-refractivity contribution >= 4 is 0 Å². The molecule has 1 heterocycles. The Labute approximate surface area is 152 Å². The molecule has 0 radical (unpaired) electrons. The van der Waals surface area contributed by atoms with Crippen LogP contribution >= 0.6 is 0 Å². The topological polar surface area (TPSA) is 4.44 Å². The zero-order chi connectivity index (χ0) is 15.7. The molecule has 24 heavy (non-hydrogen) atoms. The maximum absolute atomic E-state index is 3.46. The molecule has 3 rings (SSSR count). The standard InChI is InChI=1S/C22H25N.ClH/c1-4-12-20(13-5-1)22(21-14-6-2-7-15-21)16-8-11-19-23-17-9-3-10-18-23;/h1-2,4-7,12-15,22H,3,9-10,16-19H2;1H. The molecule has 0 unspecified atom stereocenters. The van der Waals surface area contributed by atoms with Crippen molar-refractivity contribution in [3.05, 3.63) is 71.8 Å². The fraction of sp³-hybridized carbons (Fsp3) is 0.364. The second-order valence-electron chi connectivity index (χ2n) is 6.42. The quantitative estimate of drug-likeness (QED) is 0.764. The summed E-state index contributed by atoms with van der Waals surface area (Å²) in [4.78, 5) is 1.67. The van der Waals surface area contributed by atoms with Gasteiger partial charge < -0.3 is 17.3 Å². The van der Waals surface area contributed by atoms with Crippen molar-refractivity contribution < 1.29 is 17.3 Å². The summed E-state index contributed by atoms with van der Waals surface area (Å²) in [6.45, 7) is 3.61. The van der Waals surface area contributed by atoms with Crippen LogP contribution < -0.4 is 17.3 Å². The van der Waals surface area contributed by atoms with Gasteiger partial charge in [-0.1, -0.05) is 66.6 Å². The first-order valence-electron chi connectivity index (χ1n) is 8.82. The molecule has 2 aromatic carbocycles. The zero-order valence-corrected chi connectivity index (χ0v) is 14.9. The van der Waals surface area contributed by atoms with Crippen molar-refractivity contribution in [2.75, 3.05) is 19.6 Å². The number of nitrogens with one attached hydrogen (secondary N) is 1. The highest BCUT2D eigenvalue weighted by Crippen LogP contribution is 2.27. The monoisotopic (exact) mass is 339 g/mol. The van der Waals surface area contributed by atoms with Gasteiger partial charge >= 0.3 is 0 Å².